The van der Waals surface area contributed by atoms with Gasteiger partial charge in [-0.15, -0.1) is 0 Å². The number of rotatable bonds is 5. The van der Waals surface area contributed by atoms with Crippen molar-refractivity contribution < 1.29 is 9.32 Å². The Kier molecular flexibility index (Phi) is 4.00. The smallest absolute Gasteiger partial charge is 0.251 e. The minimum absolute atomic E-state index is 0.123. The highest BCUT2D eigenvalue weighted by atomic mass is 16.5. The highest BCUT2D eigenvalue weighted by Gasteiger charge is 2.13. The number of nitrogens with zero attached hydrogens (tertiary/aromatic N) is 2. The van der Waals surface area contributed by atoms with Crippen molar-refractivity contribution in [3.05, 3.63) is 72.3 Å². The molecule has 0 aliphatic carbocycles. The third-order valence-corrected chi connectivity index (χ3v) is 4.01. The summed E-state index contributed by atoms with van der Waals surface area (Å²) in [7, 11) is 0. The molecule has 1 amide bonds. The number of hydrogen-bond acceptors (Lipinski definition) is 4. The first-order valence-corrected chi connectivity index (χ1v) is 8.01. The fraction of sp³-hybridized carbons (Fsp3) is 0.105. The zero-order chi connectivity index (χ0) is 17.1. The van der Waals surface area contributed by atoms with Gasteiger partial charge in [0.2, 0.25) is 0 Å². The van der Waals surface area contributed by atoms with E-state index in [2.05, 4.69) is 20.4 Å². The van der Waals surface area contributed by atoms with Crippen molar-refractivity contribution >= 4 is 16.8 Å². The molecule has 2 aromatic carbocycles. The number of aromatic amines is 1. The Morgan fingerprint density at radius 1 is 1.16 bits per heavy atom. The molecule has 25 heavy (non-hydrogen) atoms. The lowest BCUT2D eigenvalue weighted by molar-refractivity contribution is 0.0954. The van der Waals surface area contributed by atoms with E-state index in [0.717, 1.165) is 22.2 Å². The number of carbonyl (C=O) groups excluding carboxylic acids is 1. The first-order chi connectivity index (χ1) is 12.3. The van der Waals surface area contributed by atoms with Crippen LogP contribution in [0, 0.1) is 0 Å². The Morgan fingerprint density at radius 2 is 2.04 bits per heavy atom. The molecular weight excluding hydrogens is 316 g/mol. The van der Waals surface area contributed by atoms with E-state index < -0.39 is 0 Å². The molecule has 4 aromatic rings. The quantitative estimate of drug-likeness (QED) is 0.588. The molecule has 0 fully saturated rings. The fourth-order valence-electron chi connectivity index (χ4n) is 2.71. The molecule has 0 bridgehead atoms. The van der Waals surface area contributed by atoms with Gasteiger partial charge in [-0.1, -0.05) is 35.5 Å². The van der Waals surface area contributed by atoms with Crippen molar-refractivity contribution in [1.82, 2.24) is 20.4 Å². The van der Waals surface area contributed by atoms with Gasteiger partial charge in [0, 0.05) is 36.0 Å². The largest absolute Gasteiger partial charge is 0.355 e. The molecule has 0 spiro atoms. The average molecular weight is 332 g/mol. The summed E-state index contributed by atoms with van der Waals surface area (Å²) in [6, 6.07) is 15.1. The number of imidazole rings is 1. The lowest BCUT2D eigenvalue weighted by Crippen LogP contribution is -2.25. The SMILES string of the molecule is O=C(NCCc1cnc[nH]1)c1ccc2noc(-c3ccccc3)c2c1. The molecular formula is C19H16N4O2. The van der Waals surface area contributed by atoms with E-state index in [-0.39, 0.29) is 5.91 Å². The second-order valence-electron chi connectivity index (χ2n) is 5.69. The zero-order valence-corrected chi connectivity index (χ0v) is 13.4. The van der Waals surface area contributed by atoms with Crippen molar-refractivity contribution in [1.29, 1.82) is 0 Å². The number of nitrogens with one attached hydrogen (secondary N) is 2. The minimum Gasteiger partial charge on any atom is -0.355 e. The standard InChI is InChI=1S/C19H16N4O2/c24-19(21-9-8-15-11-20-12-22-15)14-6-7-17-16(10-14)18(25-23-17)13-4-2-1-3-5-13/h1-7,10-12H,8-9H2,(H,20,22)(H,21,24). The summed E-state index contributed by atoms with van der Waals surface area (Å²) in [5, 5.41) is 7.82. The summed E-state index contributed by atoms with van der Waals surface area (Å²) in [5.74, 6) is 0.546. The molecule has 124 valence electrons. The minimum atomic E-state index is -0.123. The van der Waals surface area contributed by atoms with Crippen molar-refractivity contribution in [2.75, 3.05) is 6.54 Å². The maximum Gasteiger partial charge on any atom is 0.251 e. The molecule has 0 saturated heterocycles. The Hall–Kier alpha value is -3.41. The molecule has 6 heteroatoms. The first kappa shape index (κ1) is 15.1. The molecule has 0 radical (unpaired) electrons. The summed E-state index contributed by atoms with van der Waals surface area (Å²) in [5.41, 5.74) is 3.23. The lowest BCUT2D eigenvalue weighted by Gasteiger charge is -2.04. The molecule has 2 heterocycles. The van der Waals surface area contributed by atoms with Gasteiger partial charge >= 0.3 is 0 Å². The highest BCUT2D eigenvalue weighted by Crippen LogP contribution is 2.29. The van der Waals surface area contributed by atoms with Crippen molar-refractivity contribution in [2.45, 2.75) is 6.42 Å². The molecule has 0 atom stereocenters. The number of benzene rings is 2. The monoisotopic (exact) mass is 332 g/mol. The van der Waals surface area contributed by atoms with Gasteiger partial charge in [-0.2, -0.15) is 0 Å². The number of H-pyrrole nitrogens is 1. The van der Waals surface area contributed by atoms with Gasteiger partial charge in [-0.3, -0.25) is 4.79 Å². The van der Waals surface area contributed by atoms with E-state index in [1.807, 2.05) is 36.4 Å². The van der Waals surface area contributed by atoms with Gasteiger partial charge in [0.05, 0.1) is 11.7 Å². The van der Waals surface area contributed by atoms with E-state index in [1.54, 1.807) is 24.7 Å². The molecule has 2 N–H and O–H groups in total. The van der Waals surface area contributed by atoms with E-state index >= 15 is 0 Å². The van der Waals surface area contributed by atoms with Gasteiger partial charge in [-0.05, 0) is 18.2 Å². The molecule has 2 aromatic heterocycles. The van der Waals surface area contributed by atoms with E-state index in [1.165, 1.54) is 0 Å². The summed E-state index contributed by atoms with van der Waals surface area (Å²) >= 11 is 0. The average Bonchev–Trinajstić information content (AvgIpc) is 3.31. The normalized spacial score (nSPS) is 10.9. The maximum absolute atomic E-state index is 12.4. The van der Waals surface area contributed by atoms with Crippen LogP contribution < -0.4 is 5.32 Å². The van der Waals surface area contributed by atoms with Crippen LogP contribution in [0.4, 0.5) is 0 Å². The van der Waals surface area contributed by atoms with Crippen molar-refractivity contribution in [3.8, 4) is 11.3 Å². The van der Waals surface area contributed by atoms with Gasteiger partial charge in [0.1, 0.15) is 5.52 Å². The molecule has 0 saturated carbocycles. The third kappa shape index (κ3) is 3.14. The van der Waals surface area contributed by atoms with Crippen LogP contribution in [0.5, 0.6) is 0 Å². The third-order valence-electron chi connectivity index (χ3n) is 4.01. The van der Waals surface area contributed by atoms with Crippen LogP contribution in [0.15, 0.2) is 65.6 Å². The predicted molar refractivity (Wildman–Crippen MR) is 94.1 cm³/mol. The first-order valence-electron chi connectivity index (χ1n) is 8.01. The Bertz CT molecular complexity index is 991. The lowest BCUT2D eigenvalue weighted by atomic mass is 10.1. The van der Waals surface area contributed by atoms with E-state index in [9.17, 15) is 4.79 Å². The van der Waals surface area contributed by atoms with Gasteiger partial charge < -0.3 is 14.8 Å². The maximum atomic E-state index is 12.4. The van der Waals surface area contributed by atoms with Gasteiger partial charge in [0.25, 0.3) is 5.91 Å². The van der Waals surface area contributed by atoms with E-state index in [4.69, 9.17) is 4.52 Å². The van der Waals surface area contributed by atoms with E-state index in [0.29, 0.717) is 24.3 Å². The van der Waals surface area contributed by atoms with Crippen LogP contribution in [0.2, 0.25) is 0 Å². The number of fused-ring (bicyclic) bond motifs is 1. The van der Waals surface area contributed by atoms with Crippen LogP contribution in [-0.2, 0) is 6.42 Å². The van der Waals surface area contributed by atoms with Gasteiger partial charge in [-0.25, -0.2) is 4.98 Å². The highest BCUT2D eigenvalue weighted by molar-refractivity contribution is 6.00. The number of hydrogen-bond donors (Lipinski definition) is 2. The number of aromatic nitrogens is 3. The van der Waals surface area contributed by atoms with Crippen LogP contribution in [0.25, 0.3) is 22.2 Å². The predicted octanol–water partition coefficient (Wildman–Crippen LogP) is 3.19. The Balaban J connectivity index is 1.55. The molecule has 0 aliphatic heterocycles. The second-order valence-corrected chi connectivity index (χ2v) is 5.69. The topological polar surface area (TPSA) is 83.8 Å². The molecule has 4 rings (SSSR count). The van der Waals surface area contributed by atoms with Crippen LogP contribution in [0.3, 0.4) is 0 Å². The van der Waals surface area contributed by atoms with Gasteiger partial charge in [0.15, 0.2) is 5.76 Å². The summed E-state index contributed by atoms with van der Waals surface area (Å²) in [6.07, 6.45) is 4.08. The van der Waals surface area contributed by atoms with Crippen LogP contribution in [-0.4, -0.2) is 27.6 Å². The van der Waals surface area contributed by atoms with Crippen LogP contribution >= 0.6 is 0 Å². The zero-order valence-electron chi connectivity index (χ0n) is 13.4. The summed E-state index contributed by atoms with van der Waals surface area (Å²) < 4.78 is 5.47. The Labute approximate surface area is 143 Å². The van der Waals surface area contributed by atoms with Crippen molar-refractivity contribution in [3.63, 3.8) is 0 Å². The Morgan fingerprint density at radius 3 is 2.84 bits per heavy atom. The number of carbonyl (C=O) groups is 1. The molecule has 0 unspecified atom stereocenters. The van der Waals surface area contributed by atoms with Crippen molar-refractivity contribution in [2.24, 2.45) is 0 Å². The summed E-state index contributed by atoms with van der Waals surface area (Å²) in [4.78, 5) is 19.4. The van der Waals surface area contributed by atoms with Crippen LogP contribution in [0.1, 0.15) is 16.1 Å². The summed E-state index contributed by atoms with van der Waals surface area (Å²) in [6.45, 7) is 0.536. The second kappa shape index (κ2) is 6.60. The number of amides is 1. The molecule has 0 aliphatic rings. The molecule has 6 nitrogen and oxygen atoms in total. The fourth-order valence-corrected chi connectivity index (χ4v) is 2.71.